The molecule has 5 heteroatoms. The number of aliphatic imine (C=N–C) groups is 1. The smallest absolute Gasteiger partial charge is 0.245 e. The van der Waals surface area contributed by atoms with E-state index >= 15 is 0 Å². The third-order valence-electron chi connectivity index (χ3n) is 1.61. The number of nitrogens with one attached hydrogen (secondary N) is 1. The van der Waals surface area contributed by atoms with Gasteiger partial charge in [-0.3, -0.25) is 0 Å². The van der Waals surface area contributed by atoms with Crippen molar-refractivity contribution < 1.29 is 4.42 Å². The molecule has 0 aliphatic rings. The molecule has 0 aliphatic carbocycles. The lowest BCUT2D eigenvalue weighted by Gasteiger charge is -1.85. The molecule has 2 aromatic heterocycles. The molecular formula is C8H8N4O. The number of aromatic nitrogens is 3. The molecule has 0 aliphatic heterocycles. The lowest BCUT2D eigenvalue weighted by atomic mass is 10.3. The van der Waals surface area contributed by atoms with Crippen LogP contribution in [0, 0.1) is 6.92 Å². The Morgan fingerprint density at radius 2 is 2.54 bits per heavy atom. The van der Waals surface area contributed by atoms with Gasteiger partial charge in [-0.25, -0.2) is 10.1 Å². The Morgan fingerprint density at radius 1 is 1.62 bits per heavy atom. The first-order chi connectivity index (χ1) is 6.36. The first-order valence-corrected chi connectivity index (χ1v) is 3.80. The van der Waals surface area contributed by atoms with E-state index in [1.165, 1.54) is 6.33 Å². The summed E-state index contributed by atoms with van der Waals surface area (Å²) in [6.07, 6.45) is 4.63. The number of rotatable bonds is 2. The summed E-state index contributed by atoms with van der Waals surface area (Å²) in [5.74, 6) is 1.20. The highest BCUT2D eigenvalue weighted by Gasteiger charge is 1.97. The molecule has 2 heterocycles. The molecule has 0 radical (unpaired) electrons. The largest absolute Gasteiger partial charge is 0.463 e. The van der Waals surface area contributed by atoms with E-state index in [-0.39, 0.29) is 0 Å². The summed E-state index contributed by atoms with van der Waals surface area (Å²) in [4.78, 5) is 7.86. The number of hydrogen-bond acceptors (Lipinski definition) is 4. The fourth-order valence-electron chi connectivity index (χ4n) is 0.898. The third kappa shape index (κ3) is 1.64. The van der Waals surface area contributed by atoms with Crippen LogP contribution >= 0.6 is 0 Å². The molecule has 0 unspecified atom stereocenters. The molecule has 0 amide bonds. The predicted molar refractivity (Wildman–Crippen MR) is 47.1 cm³/mol. The van der Waals surface area contributed by atoms with Crippen molar-refractivity contribution in [2.75, 3.05) is 0 Å². The average Bonchev–Trinajstić information content (AvgIpc) is 2.72. The molecular weight excluding hydrogens is 168 g/mol. The zero-order valence-electron chi connectivity index (χ0n) is 7.06. The topological polar surface area (TPSA) is 67.1 Å². The van der Waals surface area contributed by atoms with Gasteiger partial charge >= 0.3 is 0 Å². The van der Waals surface area contributed by atoms with Gasteiger partial charge in [0.05, 0.1) is 12.5 Å². The third-order valence-corrected chi connectivity index (χ3v) is 1.61. The van der Waals surface area contributed by atoms with E-state index in [0.717, 1.165) is 11.3 Å². The highest BCUT2D eigenvalue weighted by Crippen LogP contribution is 2.07. The maximum Gasteiger partial charge on any atom is 0.245 e. The highest BCUT2D eigenvalue weighted by atomic mass is 16.3. The molecule has 0 aromatic carbocycles. The van der Waals surface area contributed by atoms with Gasteiger partial charge in [0.25, 0.3) is 0 Å². The van der Waals surface area contributed by atoms with E-state index in [0.29, 0.717) is 5.95 Å². The Balaban J connectivity index is 2.19. The lowest BCUT2D eigenvalue weighted by Crippen LogP contribution is -1.79. The van der Waals surface area contributed by atoms with Crippen molar-refractivity contribution in [2.45, 2.75) is 6.92 Å². The molecule has 0 spiro atoms. The number of aromatic amines is 1. The van der Waals surface area contributed by atoms with Gasteiger partial charge in [-0.05, 0) is 18.6 Å². The first-order valence-electron chi connectivity index (χ1n) is 3.80. The Hall–Kier alpha value is -1.91. The van der Waals surface area contributed by atoms with Crippen LogP contribution in [-0.2, 0) is 0 Å². The van der Waals surface area contributed by atoms with Crippen LogP contribution in [0.5, 0.6) is 0 Å². The molecule has 1 N–H and O–H groups in total. The molecule has 0 bridgehead atoms. The maximum atomic E-state index is 5.15. The van der Waals surface area contributed by atoms with Crippen LogP contribution in [0.1, 0.15) is 11.3 Å². The summed E-state index contributed by atoms with van der Waals surface area (Å²) in [7, 11) is 0. The SMILES string of the molecule is Cc1ccoc1/C=N/c1ncn[nH]1. The van der Waals surface area contributed by atoms with E-state index in [1.807, 2.05) is 13.0 Å². The minimum atomic E-state index is 0.468. The fraction of sp³-hybridized carbons (Fsp3) is 0.125. The van der Waals surface area contributed by atoms with Crippen LogP contribution in [0.25, 0.3) is 0 Å². The summed E-state index contributed by atoms with van der Waals surface area (Å²) in [6, 6.07) is 1.88. The zero-order chi connectivity index (χ0) is 9.10. The van der Waals surface area contributed by atoms with Gasteiger partial charge in [-0.2, -0.15) is 10.1 Å². The van der Waals surface area contributed by atoms with Gasteiger partial charge in [-0.15, -0.1) is 0 Å². The van der Waals surface area contributed by atoms with Crippen molar-refractivity contribution in [1.29, 1.82) is 0 Å². The molecule has 0 fully saturated rings. The maximum absolute atomic E-state index is 5.15. The quantitative estimate of drug-likeness (QED) is 0.704. The van der Waals surface area contributed by atoms with Crippen LogP contribution < -0.4 is 0 Å². The Labute approximate surface area is 74.5 Å². The van der Waals surface area contributed by atoms with Crippen LogP contribution in [0.4, 0.5) is 5.95 Å². The number of hydrogen-bond donors (Lipinski definition) is 1. The monoisotopic (exact) mass is 176 g/mol. The van der Waals surface area contributed by atoms with Crippen LogP contribution in [-0.4, -0.2) is 21.4 Å². The van der Waals surface area contributed by atoms with Crippen molar-refractivity contribution >= 4 is 12.2 Å². The van der Waals surface area contributed by atoms with E-state index in [9.17, 15) is 0 Å². The number of H-pyrrole nitrogens is 1. The molecule has 2 rings (SSSR count). The summed E-state index contributed by atoms with van der Waals surface area (Å²) in [6.45, 7) is 1.95. The van der Waals surface area contributed by atoms with Gasteiger partial charge in [0.1, 0.15) is 12.1 Å². The standard InChI is InChI=1S/C8H8N4O/c1-6-2-3-13-7(6)4-9-8-10-5-11-12-8/h2-5H,1H3,(H,10,11,12)/b9-4+. The second kappa shape index (κ2) is 3.22. The minimum Gasteiger partial charge on any atom is -0.463 e. The van der Waals surface area contributed by atoms with Crippen LogP contribution in [0.3, 0.4) is 0 Å². The zero-order valence-corrected chi connectivity index (χ0v) is 7.06. The normalized spacial score (nSPS) is 11.2. The van der Waals surface area contributed by atoms with Gasteiger partial charge in [-0.1, -0.05) is 0 Å². The number of aryl methyl sites for hydroxylation is 1. The second-order valence-corrected chi connectivity index (χ2v) is 2.54. The van der Waals surface area contributed by atoms with Crippen molar-refractivity contribution in [3.8, 4) is 0 Å². The first kappa shape index (κ1) is 7.72. The van der Waals surface area contributed by atoms with Gasteiger partial charge < -0.3 is 4.42 Å². The Bertz CT molecular complexity index is 401. The van der Waals surface area contributed by atoms with E-state index in [4.69, 9.17) is 4.42 Å². The molecule has 2 aromatic rings. The fourth-order valence-corrected chi connectivity index (χ4v) is 0.898. The molecule has 0 atom stereocenters. The van der Waals surface area contributed by atoms with Crippen molar-refractivity contribution in [3.05, 3.63) is 30.0 Å². The van der Waals surface area contributed by atoms with Gasteiger partial charge in [0.15, 0.2) is 0 Å². The molecule has 5 nitrogen and oxygen atoms in total. The van der Waals surface area contributed by atoms with Crippen LogP contribution in [0.15, 0.2) is 28.1 Å². The van der Waals surface area contributed by atoms with E-state index in [1.54, 1.807) is 12.5 Å². The summed E-state index contributed by atoms with van der Waals surface area (Å²) >= 11 is 0. The van der Waals surface area contributed by atoms with Crippen molar-refractivity contribution in [1.82, 2.24) is 15.2 Å². The van der Waals surface area contributed by atoms with Gasteiger partial charge in [0.2, 0.25) is 5.95 Å². The van der Waals surface area contributed by atoms with Crippen molar-refractivity contribution in [2.24, 2.45) is 4.99 Å². The number of nitrogens with zero attached hydrogens (tertiary/aromatic N) is 3. The summed E-state index contributed by atoms with van der Waals surface area (Å²) in [5.41, 5.74) is 1.04. The molecule has 66 valence electrons. The van der Waals surface area contributed by atoms with E-state index < -0.39 is 0 Å². The number of furan rings is 1. The summed E-state index contributed by atoms with van der Waals surface area (Å²) in [5, 5.41) is 6.28. The van der Waals surface area contributed by atoms with Gasteiger partial charge in [0, 0.05) is 0 Å². The van der Waals surface area contributed by atoms with Crippen LogP contribution in [0.2, 0.25) is 0 Å². The molecule has 0 saturated heterocycles. The second-order valence-electron chi connectivity index (χ2n) is 2.54. The Kier molecular flexibility index (Phi) is 1.91. The average molecular weight is 176 g/mol. The lowest BCUT2D eigenvalue weighted by molar-refractivity contribution is 0.558. The predicted octanol–water partition coefficient (Wildman–Crippen LogP) is 1.46. The highest BCUT2D eigenvalue weighted by molar-refractivity contribution is 5.79. The molecule has 0 saturated carbocycles. The summed E-state index contributed by atoms with van der Waals surface area (Å²) < 4.78 is 5.15. The van der Waals surface area contributed by atoms with Crippen molar-refractivity contribution in [3.63, 3.8) is 0 Å². The minimum absolute atomic E-state index is 0.468. The molecule has 13 heavy (non-hydrogen) atoms. The Morgan fingerprint density at radius 3 is 3.15 bits per heavy atom. The van der Waals surface area contributed by atoms with E-state index in [2.05, 4.69) is 20.2 Å².